The van der Waals surface area contributed by atoms with E-state index in [0.29, 0.717) is 30.2 Å². The number of carbonyl (C=O) groups excluding carboxylic acids is 1. The molecule has 5 fully saturated rings. The van der Waals surface area contributed by atoms with Gasteiger partial charge in [0.25, 0.3) is 0 Å². The molecule has 0 spiro atoms. The van der Waals surface area contributed by atoms with Gasteiger partial charge in [0.1, 0.15) is 0 Å². The first-order valence-corrected chi connectivity index (χ1v) is 10.7. The monoisotopic (exact) mass is 384 g/mol. The van der Waals surface area contributed by atoms with Crippen molar-refractivity contribution in [3.8, 4) is 0 Å². The fraction of sp³-hybridized carbons (Fsp3) is 0.636. The third-order valence-electron chi connectivity index (χ3n) is 7.45. The highest BCUT2D eigenvalue weighted by atomic mass is 32.1. The van der Waals surface area contributed by atoms with Crippen LogP contribution in [-0.4, -0.2) is 42.2 Å². The zero-order valence-corrected chi connectivity index (χ0v) is 16.6. The Morgan fingerprint density at radius 3 is 2.41 bits per heavy atom. The highest BCUT2D eigenvalue weighted by Gasteiger charge is 2.61. The lowest BCUT2D eigenvalue weighted by Crippen LogP contribution is -2.60. The third kappa shape index (κ3) is 2.99. The second-order valence-electron chi connectivity index (χ2n) is 9.25. The topological polar surface area (TPSA) is 41.6 Å². The zero-order valence-electron chi connectivity index (χ0n) is 15.8. The maximum atomic E-state index is 13.5. The molecular formula is C22H28N2O2S. The predicted octanol–water partition coefficient (Wildman–Crippen LogP) is 3.26. The molecular weight excluding hydrogens is 356 g/mol. The smallest absolute Gasteiger partial charge is 0.232 e. The Labute approximate surface area is 166 Å². The van der Waals surface area contributed by atoms with E-state index in [2.05, 4.69) is 40.5 Å². The average molecular weight is 385 g/mol. The summed E-state index contributed by atoms with van der Waals surface area (Å²) in [6, 6.07) is 10.9. The molecule has 1 aromatic carbocycles. The predicted molar refractivity (Wildman–Crippen MR) is 108 cm³/mol. The fourth-order valence-corrected chi connectivity index (χ4v) is 7.01. The molecule has 1 heterocycles. The van der Waals surface area contributed by atoms with E-state index < -0.39 is 0 Å². The molecule has 0 radical (unpaired) electrons. The van der Waals surface area contributed by atoms with Gasteiger partial charge in [-0.1, -0.05) is 30.3 Å². The molecule has 0 unspecified atom stereocenters. The Bertz CT molecular complexity index is 730. The van der Waals surface area contributed by atoms with Crippen LogP contribution in [0.5, 0.6) is 0 Å². The minimum absolute atomic E-state index is 0.174. The van der Waals surface area contributed by atoms with E-state index in [1.54, 1.807) is 0 Å². The van der Waals surface area contributed by atoms with Crippen molar-refractivity contribution in [1.82, 2.24) is 10.2 Å². The van der Waals surface area contributed by atoms with E-state index in [0.717, 1.165) is 32.4 Å². The molecule has 1 aromatic rings. The van der Waals surface area contributed by atoms with Gasteiger partial charge in [0.2, 0.25) is 5.91 Å². The third-order valence-corrected chi connectivity index (χ3v) is 7.81. The van der Waals surface area contributed by atoms with Gasteiger partial charge in [0.05, 0.1) is 18.6 Å². The van der Waals surface area contributed by atoms with Crippen LogP contribution < -0.4 is 5.32 Å². The number of hydrogen-bond acceptors (Lipinski definition) is 3. The summed E-state index contributed by atoms with van der Waals surface area (Å²) in [6.45, 7) is 2.90. The van der Waals surface area contributed by atoms with Crippen molar-refractivity contribution in [3.05, 3.63) is 35.9 Å². The van der Waals surface area contributed by atoms with Crippen molar-refractivity contribution >= 4 is 23.2 Å². The van der Waals surface area contributed by atoms with Crippen molar-refractivity contribution in [2.45, 2.75) is 43.9 Å². The Hall–Kier alpha value is -1.46. The first-order valence-electron chi connectivity index (χ1n) is 10.3. The molecule has 2 atom stereocenters. The average Bonchev–Trinajstić information content (AvgIpc) is 2.68. The van der Waals surface area contributed by atoms with Crippen LogP contribution in [0.2, 0.25) is 0 Å². The summed E-state index contributed by atoms with van der Waals surface area (Å²) in [5.74, 6) is 1.52. The van der Waals surface area contributed by atoms with Gasteiger partial charge in [-0.2, -0.15) is 0 Å². The largest absolute Gasteiger partial charge is 0.378 e. The second kappa shape index (κ2) is 6.56. The summed E-state index contributed by atoms with van der Waals surface area (Å²) >= 11 is 5.56. The van der Waals surface area contributed by atoms with E-state index in [4.69, 9.17) is 17.0 Å². The van der Waals surface area contributed by atoms with Gasteiger partial charge in [-0.25, -0.2) is 0 Å². The molecule has 1 amide bonds. The van der Waals surface area contributed by atoms with Gasteiger partial charge in [-0.05, 0) is 73.6 Å². The van der Waals surface area contributed by atoms with Gasteiger partial charge in [-0.15, -0.1) is 0 Å². The van der Waals surface area contributed by atoms with E-state index in [-0.39, 0.29) is 16.7 Å². The molecule has 5 heteroatoms. The van der Waals surface area contributed by atoms with Gasteiger partial charge in [0.15, 0.2) is 5.11 Å². The lowest BCUT2D eigenvalue weighted by atomic mass is 9.42. The number of carbonyl (C=O) groups is 1. The normalized spacial score (nSPS) is 37.3. The van der Waals surface area contributed by atoms with E-state index >= 15 is 0 Å². The lowest BCUT2D eigenvalue weighted by Gasteiger charge is -2.61. The van der Waals surface area contributed by atoms with E-state index in [1.807, 2.05) is 0 Å². The SMILES string of the molecule is O=C(NC(=S)N1CCOCC1)C12C[C@@H]3C[C@@H](C1)CC(c1ccccc1)(C3)C2. The second-order valence-corrected chi connectivity index (χ2v) is 9.63. The summed E-state index contributed by atoms with van der Waals surface area (Å²) in [5, 5.41) is 3.73. The number of rotatable bonds is 2. The summed E-state index contributed by atoms with van der Waals surface area (Å²) in [7, 11) is 0. The molecule has 4 aliphatic carbocycles. The molecule has 4 bridgehead atoms. The Kier molecular flexibility index (Phi) is 4.28. The molecule has 144 valence electrons. The number of ether oxygens (including phenoxy) is 1. The Balaban J connectivity index is 1.39. The summed E-state index contributed by atoms with van der Waals surface area (Å²) in [5.41, 5.74) is 1.38. The maximum Gasteiger partial charge on any atom is 0.232 e. The number of benzene rings is 1. The number of hydrogen-bond donors (Lipinski definition) is 1. The van der Waals surface area contributed by atoms with Crippen LogP contribution >= 0.6 is 12.2 Å². The van der Waals surface area contributed by atoms with Crippen LogP contribution in [0.15, 0.2) is 30.3 Å². The Morgan fingerprint density at radius 1 is 1.07 bits per heavy atom. The van der Waals surface area contributed by atoms with Crippen molar-refractivity contribution < 1.29 is 9.53 Å². The lowest BCUT2D eigenvalue weighted by molar-refractivity contribution is -0.147. The molecule has 6 rings (SSSR count). The van der Waals surface area contributed by atoms with Crippen LogP contribution in [0, 0.1) is 17.3 Å². The zero-order chi connectivity index (χ0) is 18.5. The minimum Gasteiger partial charge on any atom is -0.378 e. The van der Waals surface area contributed by atoms with Crippen molar-refractivity contribution in [3.63, 3.8) is 0 Å². The highest BCUT2D eigenvalue weighted by molar-refractivity contribution is 7.80. The van der Waals surface area contributed by atoms with Gasteiger partial charge >= 0.3 is 0 Å². The Morgan fingerprint density at radius 2 is 1.74 bits per heavy atom. The van der Waals surface area contributed by atoms with Crippen LogP contribution in [0.3, 0.4) is 0 Å². The van der Waals surface area contributed by atoms with Crippen LogP contribution in [-0.2, 0) is 14.9 Å². The van der Waals surface area contributed by atoms with Crippen LogP contribution in [0.25, 0.3) is 0 Å². The molecule has 5 aliphatic rings. The standard InChI is InChI=1S/C22H28N2O2S/c25-19(23-20(27)24-6-8-26-9-7-24)22-13-16-10-17(14-22)12-21(11-16,15-22)18-4-2-1-3-5-18/h1-5,16-17H,6-15H2,(H,23,25,27)/t16-,17-,21?,22?/m1/s1. The van der Waals surface area contributed by atoms with Crippen LogP contribution in [0.4, 0.5) is 0 Å². The maximum absolute atomic E-state index is 13.5. The number of amides is 1. The number of thiocarbonyl (C=S) groups is 1. The van der Waals surface area contributed by atoms with E-state index in [9.17, 15) is 4.79 Å². The van der Waals surface area contributed by atoms with E-state index in [1.165, 1.54) is 24.8 Å². The number of morpholine rings is 1. The quantitative estimate of drug-likeness (QED) is 0.795. The molecule has 1 saturated heterocycles. The summed E-state index contributed by atoms with van der Waals surface area (Å²) in [6.07, 6.45) is 6.85. The summed E-state index contributed by atoms with van der Waals surface area (Å²) in [4.78, 5) is 15.5. The molecule has 1 aliphatic heterocycles. The van der Waals surface area contributed by atoms with Crippen molar-refractivity contribution in [2.24, 2.45) is 17.3 Å². The van der Waals surface area contributed by atoms with Gasteiger partial charge in [0, 0.05) is 13.1 Å². The summed E-state index contributed by atoms with van der Waals surface area (Å²) < 4.78 is 5.40. The first-order chi connectivity index (χ1) is 13.1. The van der Waals surface area contributed by atoms with Crippen molar-refractivity contribution in [2.75, 3.05) is 26.3 Å². The van der Waals surface area contributed by atoms with Gasteiger partial charge in [-0.3, -0.25) is 4.79 Å². The minimum atomic E-state index is -0.240. The molecule has 27 heavy (non-hydrogen) atoms. The fourth-order valence-electron chi connectivity index (χ4n) is 6.73. The molecule has 4 saturated carbocycles. The molecule has 1 N–H and O–H groups in total. The molecule has 0 aromatic heterocycles. The molecule has 4 nitrogen and oxygen atoms in total. The number of nitrogens with one attached hydrogen (secondary N) is 1. The van der Waals surface area contributed by atoms with Crippen LogP contribution in [0.1, 0.15) is 44.1 Å². The number of nitrogens with zero attached hydrogens (tertiary/aromatic N) is 1. The highest BCUT2D eigenvalue weighted by Crippen LogP contribution is 2.65. The van der Waals surface area contributed by atoms with Gasteiger partial charge < -0.3 is 15.0 Å². The first kappa shape index (κ1) is 17.6. The van der Waals surface area contributed by atoms with Crippen molar-refractivity contribution in [1.29, 1.82) is 0 Å².